The van der Waals surface area contributed by atoms with Crippen LogP contribution in [-0.2, 0) is 23.8 Å². The molecule has 0 rings (SSSR count). The monoisotopic (exact) mass is 919 g/mol. The van der Waals surface area contributed by atoms with Gasteiger partial charge < -0.3 is 14.2 Å². The van der Waals surface area contributed by atoms with Gasteiger partial charge in [-0.05, 0) is 89.9 Å². The van der Waals surface area contributed by atoms with Crippen molar-refractivity contribution in [3.8, 4) is 0 Å². The molecule has 66 heavy (non-hydrogen) atoms. The van der Waals surface area contributed by atoms with Crippen LogP contribution in [0.4, 0.5) is 0 Å². The maximum atomic E-state index is 12.8. The largest absolute Gasteiger partial charge is 0.462 e. The Morgan fingerprint density at radius 1 is 0.348 bits per heavy atom. The summed E-state index contributed by atoms with van der Waals surface area (Å²) in [6.07, 6.45) is 74.7. The number of hydrogen-bond acceptors (Lipinski definition) is 5. The number of hydrogen-bond donors (Lipinski definition) is 0. The molecular weight excluding hydrogens is 813 g/mol. The van der Waals surface area contributed by atoms with Crippen LogP contribution in [0.15, 0.2) is 85.1 Å². The quantitative estimate of drug-likeness (QED) is 0.0346. The lowest BCUT2D eigenvalue weighted by Crippen LogP contribution is -2.30. The highest BCUT2D eigenvalue weighted by atomic mass is 16.6. The van der Waals surface area contributed by atoms with Gasteiger partial charge in [-0.3, -0.25) is 9.59 Å². The summed E-state index contributed by atoms with van der Waals surface area (Å²) in [6, 6.07) is 0. The molecule has 1 unspecified atom stereocenters. The van der Waals surface area contributed by atoms with E-state index in [0.29, 0.717) is 19.4 Å². The summed E-state index contributed by atoms with van der Waals surface area (Å²) in [7, 11) is 0. The second kappa shape index (κ2) is 56.4. The van der Waals surface area contributed by atoms with Crippen LogP contribution in [0.2, 0.25) is 0 Å². The summed E-state index contributed by atoms with van der Waals surface area (Å²) in [5.74, 6) is -0.432. The molecule has 0 N–H and O–H groups in total. The van der Waals surface area contributed by atoms with Gasteiger partial charge in [-0.1, -0.05) is 247 Å². The third-order valence-corrected chi connectivity index (χ3v) is 11.9. The molecule has 0 aliphatic rings. The fourth-order valence-corrected chi connectivity index (χ4v) is 7.75. The lowest BCUT2D eigenvalue weighted by Gasteiger charge is -2.18. The number of carbonyl (C=O) groups excluding carboxylic acids is 2. The van der Waals surface area contributed by atoms with Gasteiger partial charge in [-0.2, -0.15) is 0 Å². The highest BCUT2D eigenvalue weighted by molar-refractivity contribution is 5.70. The van der Waals surface area contributed by atoms with E-state index >= 15 is 0 Å². The molecule has 0 aromatic rings. The van der Waals surface area contributed by atoms with E-state index in [9.17, 15) is 9.59 Å². The standard InChI is InChI=1S/C61H106O5/c1-4-7-10-13-16-19-22-25-27-29-31-32-34-37-39-42-45-48-51-54-60(62)65-58-59(66-61(63)55-52-49-46-43-40-36-24-21-18-15-12-9-6-3)57-64-56-53-50-47-44-41-38-35-33-30-28-26-23-20-17-14-11-8-5-2/h8,11-12,15,17,20-21,24,26,28,33,35,41,44,59H,4-7,9-10,13-14,16,18-19,22-23,25,27,29-32,34,36-40,42-43,45-58H2,1-3H3/b11-8-,15-12-,20-17-,24-21-,28-26-,35-33-,44-41-. The fraction of sp³-hybridized carbons (Fsp3) is 0.738. The third-order valence-electron chi connectivity index (χ3n) is 11.9. The molecule has 0 aliphatic carbocycles. The molecule has 0 aromatic heterocycles. The van der Waals surface area contributed by atoms with Crippen LogP contribution in [0.25, 0.3) is 0 Å². The zero-order valence-corrected chi connectivity index (χ0v) is 43.7. The molecule has 5 heteroatoms. The summed E-state index contributed by atoms with van der Waals surface area (Å²) < 4.78 is 17.4. The van der Waals surface area contributed by atoms with Gasteiger partial charge in [0.15, 0.2) is 6.10 Å². The maximum absolute atomic E-state index is 12.8. The van der Waals surface area contributed by atoms with Crippen LogP contribution in [-0.4, -0.2) is 37.9 Å². The van der Waals surface area contributed by atoms with Crippen molar-refractivity contribution in [3.63, 3.8) is 0 Å². The maximum Gasteiger partial charge on any atom is 0.306 e. The summed E-state index contributed by atoms with van der Waals surface area (Å²) >= 11 is 0. The van der Waals surface area contributed by atoms with E-state index in [2.05, 4.69) is 106 Å². The third kappa shape index (κ3) is 53.7. The predicted octanol–water partition coefficient (Wildman–Crippen LogP) is 19.2. The second-order valence-electron chi connectivity index (χ2n) is 18.5. The highest BCUT2D eigenvalue weighted by Gasteiger charge is 2.17. The minimum atomic E-state index is -0.568. The van der Waals surface area contributed by atoms with E-state index in [-0.39, 0.29) is 25.2 Å². The normalized spacial score (nSPS) is 12.8. The van der Waals surface area contributed by atoms with Crippen molar-refractivity contribution in [1.29, 1.82) is 0 Å². The SMILES string of the molecule is CC/C=C\C/C=C\C/C=C\C/C=C\C/C=C\CCCCOCC(COC(=O)CCCCCCCCCCCCCCCCCCCCC)OC(=O)CCCCCCC/C=C\C/C=C\CCC. The van der Waals surface area contributed by atoms with E-state index in [4.69, 9.17) is 14.2 Å². The van der Waals surface area contributed by atoms with Gasteiger partial charge in [0.25, 0.3) is 0 Å². The molecule has 0 aromatic carbocycles. The molecule has 0 heterocycles. The summed E-state index contributed by atoms with van der Waals surface area (Å²) in [5.41, 5.74) is 0. The van der Waals surface area contributed by atoms with Crippen LogP contribution < -0.4 is 0 Å². The lowest BCUT2D eigenvalue weighted by atomic mass is 10.0. The first-order chi connectivity index (χ1) is 32.6. The molecule has 0 saturated carbocycles. The first-order valence-corrected chi connectivity index (χ1v) is 28.1. The average Bonchev–Trinajstić information content (AvgIpc) is 3.32. The minimum absolute atomic E-state index is 0.0612. The molecule has 0 radical (unpaired) electrons. The molecule has 1 atom stereocenters. The van der Waals surface area contributed by atoms with Gasteiger partial charge in [-0.15, -0.1) is 0 Å². The van der Waals surface area contributed by atoms with Crippen LogP contribution >= 0.6 is 0 Å². The van der Waals surface area contributed by atoms with Crippen molar-refractivity contribution in [2.45, 2.75) is 271 Å². The molecule has 5 nitrogen and oxygen atoms in total. The Labute approximate surface area is 409 Å². The number of esters is 2. The first-order valence-electron chi connectivity index (χ1n) is 28.1. The van der Waals surface area contributed by atoms with E-state index in [1.54, 1.807) is 0 Å². The van der Waals surface area contributed by atoms with Crippen LogP contribution in [0.1, 0.15) is 265 Å². The minimum Gasteiger partial charge on any atom is -0.462 e. The van der Waals surface area contributed by atoms with Gasteiger partial charge >= 0.3 is 11.9 Å². The van der Waals surface area contributed by atoms with Gasteiger partial charge in [0.1, 0.15) is 6.61 Å². The molecular formula is C61H106O5. The Hall–Kier alpha value is -2.92. The predicted molar refractivity (Wildman–Crippen MR) is 288 cm³/mol. The zero-order chi connectivity index (χ0) is 47.7. The Bertz CT molecular complexity index is 1220. The van der Waals surface area contributed by atoms with Crippen LogP contribution in [0.3, 0.4) is 0 Å². The van der Waals surface area contributed by atoms with E-state index in [1.807, 2.05) is 0 Å². The topological polar surface area (TPSA) is 61.8 Å². The summed E-state index contributed by atoms with van der Waals surface area (Å²) in [4.78, 5) is 25.5. The molecule has 380 valence electrons. The van der Waals surface area contributed by atoms with Crippen molar-refractivity contribution in [1.82, 2.24) is 0 Å². The van der Waals surface area contributed by atoms with Gasteiger partial charge in [-0.25, -0.2) is 0 Å². The van der Waals surface area contributed by atoms with Crippen molar-refractivity contribution in [3.05, 3.63) is 85.1 Å². The average molecular weight is 920 g/mol. The molecule has 0 fully saturated rings. The van der Waals surface area contributed by atoms with E-state index in [0.717, 1.165) is 103 Å². The van der Waals surface area contributed by atoms with Gasteiger partial charge in [0, 0.05) is 19.4 Å². The van der Waals surface area contributed by atoms with Crippen LogP contribution in [0.5, 0.6) is 0 Å². The fourth-order valence-electron chi connectivity index (χ4n) is 7.75. The number of carbonyl (C=O) groups is 2. The lowest BCUT2D eigenvalue weighted by molar-refractivity contribution is -0.163. The van der Waals surface area contributed by atoms with Crippen molar-refractivity contribution >= 4 is 11.9 Å². The Balaban J connectivity index is 4.31. The van der Waals surface area contributed by atoms with Crippen molar-refractivity contribution < 1.29 is 23.8 Å². The number of rotatable bonds is 51. The number of allylic oxidation sites excluding steroid dienone is 14. The van der Waals surface area contributed by atoms with E-state index < -0.39 is 6.10 Å². The molecule has 0 spiro atoms. The zero-order valence-electron chi connectivity index (χ0n) is 43.7. The Morgan fingerprint density at radius 2 is 0.712 bits per heavy atom. The second-order valence-corrected chi connectivity index (χ2v) is 18.5. The summed E-state index contributed by atoms with van der Waals surface area (Å²) in [6.45, 7) is 7.56. The van der Waals surface area contributed by atoms with Crippen LogP contribution in [0, 0.1) is 0 Å². The van der Waals surface area contributed by atoms with Gasteiger partial charge in [0.2, 0.25) is 0 Å². The van der Waals surface area contributed by atoms with Crippen molar-refractivity contribution in [2.75, 3.05) is 19.8 Å². The molecule has 0 saturated heterocycles. The molecule has 0 bridgehead atoms. The van der Waals surface area contributed by atoms with Gasteiger partial charge in [0.05, 0.1) is 6.61 Å². The molecule has 0 aliphatic heterocycles. The first kappa shape index (κ1) is 63.1. The number of unbranched alkanes of at least 4 members (excludes halogenated alkanes) is 26. The smallest absolute Gasteiger partial charge is 0.306 e. The molecule has 0 amide bonds. The summed E-state index contributed by atoms with van der Waals surface area (Å²) in [5, 5.41) is 0. The highest BCUT2D eigenvalue weighted by Crippen LogP contribution is 2.16. The Kier molecular flexibility index (Phi) is 53.9. The number of ether oxygens (including phenoxy) is 3. The van der Waals surface area contributed by atoms with E-state index in [1.165, 1.54) is 128 Å². The van der Waals surface area contributed by atoms with Crippen molar-refractivity contribution in [2.24, 2.45) is 0 Å². The Morgan fingerprint density at radius 3 is 1.15 bits per heavy atom.